The van der Waals surface area contributed by atoms with Crippen molar-refractivity contribution in [3.63, 3.8) is 0 Å². The average molecular weight is 933 g/mol. The maximum Gasteiger partial charge on any atom is 0.0473 e. The molecule has 0 unspecified atom stereocenters. The van der Waals surface area contributed by atoms with E-state index < -0.39 is 0 Å². The Balaban J connectivity index is 1.07. The van der Waals surface area contributed by atoms with Crippen LogP contribution in [0.1, 0.15) is 50.1 Å². The Kier molecular flexibility index (Phi) is 14.6. The van der Waals surface area contributed by atoms with Gasteiger partial charge in [-0.2, -0.15) is 0 Å². The summed E-state index contributed by atoms with van der Waals surface area (Å²) in [7, 11) is 0. The minimum absolute atomic E-state index is 0.797. The number of benzene rings is 10. The van der Waals surface area contributed by atoms with Crippen LogP contribution >= 0.6 is 11.8 Å². The van der Waals surface area contributed by atoms with E-state index in [-0.39, 0.29) is 0 Å². The molecular weight excluding hydrogens is 877 g/mol. The monoisotopic (exact) mass is 932 g/mol. The van der Waals surface area contributed by atoms with Gasteiger partial charge in [0.1, 0.15) is 0 Å². The highest BCUT2D eigenvalue weighted by atomic mass is 32.2. The van der Waals surface area contributed by atoms with Crippen LogP contribution in [0, 0.1) is 6.92 Å². The van der Waals surface area contributed by atoms with Crippen molar-refractivity contribution in [1.82, 2.24) is 0 Å². The molecule has 0 aromatic heterocycles. The van der Waals surface area contributed by atoms with Crippen LogP contribution in [0.25, 0.3) is 34.1 Å². The third-order valence-corrected chi connectivity index (χ3v) is 13.7. The number of aryl methyl sites for hydroxylation is 1. The molecule has 0 radical (unpaired) electrons. The zero-order valence-corrected chi connectivity index (χ0v) is 41.1. The molecule has 0 atom stereocenters. The molecule has 2 nitrogen and oxygen atoms in total. The van der Waals surface area contributed by atoms with Crippen LogP contribution in [0.3, 0.4) is 0 Å². The number of rotatable bonds is 16. The van der Waals surface area contributed by atoms with Gasteiger partial charge >= 0.3 is 0 Å². The molecule has 10 aromatic carbocycles. The van der Waals surface area contributed by atoms with Crippen molar-refractivity contribution in [2.45, 2.75) is 24.9 Å². The van der Waals surface area contributed by atoms with Crippen LogP contribution < -0.4 is 9.80 Å². The number of hydrogen-bond acceptors (Lipinski definition) is 3. The van der Waals surface area contributed by atoms with Gasteiger partial charge in [0.25, 0.3) is 0 Å². The van der Waals surface area contributed by atoms with E-state index in [0.29, 0.717) is 0 Å². The van der Waals surface area contributed by atoms with Gasteiger partial charge in [0, 0.05) is 40.7 Å². The Bertz CT molecular complexity index is 3320. The summed E-state index contributed by atoms with van der Waals surface area (Å²) in [6.45, 7) is 3.73. The third kappa shape index (κ3) is 11.4. The summed E-state index contributed by atoms with van der Waals surface area (Å²) in [6.07, 6.45) is 11.2. The molecule has 10 aromatic rings. The summed E-state index contributed by atoms with van der Waals surface area (Å²) < 4.78 is 0. The van der Waals surface area contributed by atoms with Gasteiger partial charge < -0.3 is 9.80 Å². The molecule has 3 heteroatoms. The lowest BCUT2D eigenvalue weighted by Gasteiger charge is -2.29. The molecule has 10 rings (SSSR count). The average Bonchev–Trinajstić information content (AvgIpc) is 3.43. The van der Waals surface area contributed by atoms with Crippen molar-refractivity contribution in [3.05, 3.63) is 317 Å². The number of hydrogen-bond donors (Lipinski definition) is 0. The summed E-state index contributed by atoms with van der Waals surface area (Å²) in [5, 5.41) is 2.37. The van der Waals surface area contributed by atoms with Crippen LogP contribution in [0.2, 0.25) is 0 Å². The second kappa shape index (κ2) is 22.4. The highest BCUT2D eigenvalue weighted by molar-refractivity contribution is 7.98. The van der Waals surface area contributed by atoms with Gasteiger partial charge in [-0.25, -0.2) is 0 Å². The highest BCUT2D eigenvalue weighted by Crippen LogP contribution is 2.40. The standard InChI is InChI=1S/C68H56N2S/c1-51-30-34-57(35-31-51)66(58-36-44-65(71-2)45-37-58)29-17-27-60-48-64(47-59-26-15-16-28-67(59)60)70(62-38-32-52(33-39-62)46-68(55-22-11-5-12-23-55)56-24-13-6-14-25-56)63-42-40-61(41-43-63)69(49-53-18-7-3-8-19-53)50-54-20-9-4-10-21-54/h3-48H,49-50H2,1-2H3/b27-17+,66-29-. The largest absolute Gasteiger partial charge is 0.363 e. The maximum atomic E-state index is 2.46. The molecule has 71 heavy (non-hydrogen) atoms. The first-order chi connectivity index (χ1) is 35.0. The molecule has 0 bridgehead atoms. The lowest BCUT2D eigenvalue weighted by molar-refractivity contribution is 0.800. The van der Waals surface area contributed by atoms with Crippen molar-refractivity contribution < 1.29 is 0 Å². The fourth-order valence-electron chi connectivity index (χ4n) is 9.26. The first-order valence-electron chi connectivity index (χ1n) is 24.3. The Morgan fingerprint density at radius 2 is 0.915 bits per heavy atom. The van der Waals surface area contributed by atoms with Crippen molar-refractivity contribution in [3.8, 4) is 0 Å². The molecule has 0 fully saturated rings. The van der Waals surface area contributed by atoms with Gasteiger partial charge in [0.15, 0.2) is 0 Å². The third-order valence-electron chi connectivity index (χ3n) is 13.0. The smallest absolute Gasteiger partial charge is 0.0473 e. The molecule has 0 spiro atoms. The van der Waals surface area contributed by atoms with E-state index in [1.165, 1.54) is 65.8 Å². The summed E-state index contributed by atoms with van der Waals surface area (Å²) in [4.78, 5) is 6.11. The number of thioether (sulfide) groups is 1. The Morgan fingerprint density at radius 1 is 0.437 bits per heavy atom. The van der Waals surface area contributed by atoms with Gasteiger partial charge in [0.2, 0.25) is 0 Å². The topological polar surface area (TPSA) is 6.48 Å². The van der Waals surface area contributed by atoms with Crippen molar-refractivity contribution in [1.29, 1.82) is 0 Å². The number of allylic oxidation sites excluding steroid dienone is 2. The zero-order valence-electron chi connectivity index (χ0n) is 40.3. The lowest BCUT2D eigenvalue weighted by Crippen LogP contribution is -2.22. The lowest BCUT2D eigenvalue weighted by atomic mass is 9.95. The van der Waals surface area contributed by atoms with E-state index >= 15 is 0 Å². The molecule has 0 N–H and O–H groups in total. The minimum atomic E-state index is 0.797. The van der Waals surface area contributed by atoms with Crippen LogP contribution in [0.4, 0.5) is 22.7 Å². The summed E-state index contributed by atoms with van der Waals surface area (Å²) in [5.41, 5.74) is 17.6. The fraction of sp³-hybridized carbons (Fsp3) is 0.0588. The second-order valence-electron chi connectivity index (χ2n) is 17.9. The Labute approximate surface area is 424 Å². The molecule has 344 valence electrons. The SMILES string of the molecule is CSc1ccc(/C(=C\C=C\c2cc(N(c3ccc(C=C(c4ccccc4)c4ccccc4)cc3)c3ccc(N(Cc4ccccc4)Cc4ccccc4)cc3)cc3ccccc23)c2ccc(C)cc2)cc1. The van der Waals surface area contributed by atoms with Crippen LogP contribution in [-0.2, 0) is 13.1 Å². The van der Waals surface area contributed by atoms with Gasteiger partial charge in [-0.05, 0) is 146 Å². The predicted octanol–water partition coefficient (Wildman–Crippen LogP) is 18.3. The normalized spacial score (nSPS) is 11.4. The van der Waals surface area contributed by atoms with E-state index in [0.717, 1.165) is 47.0 Å². The Hall–Kier alpha value is -8.37. The van der Waals surface area contributed by atoms with Gasteiger partial charge in [-0.3, -0.25) is 0 Å². The van der Waals surface area contributed by atoms with Crippen molar-refractivity contribution in [2.24, 2.45) is 0 Å². The molecule has 0 amide bonds. The van der Waals surface area contributed by atoms with E-state index in [4.69, 9.17) is 0 Å². The molecular formula is C68H56N2S. The Morgan fingerprint density at radius 3 is 1.48 bits per heavy atom. The summed E-state index contributed by atoms with van der Waals surface area (Å²) >= 11 is 1.76. The maximum absolute atomic E-state index is 2.46. The number of anilines is 4. The molecule has 0 saturated heterocycles. The molecule has 0 saturated carbocycles. The van der Waals surface area contributed by atoms with E-state index in [1.807, 2.05) is 0 Å². The molecule has 0 aliphatic heterocycles. The highest BCUT2D eigenvalue weighted by Gasteiger charge is 2.17. The molecule has 0 aliphatic carbocycles. The number of fused-ring (bicyclic) bond motifs is 1. The molecule has 0 aliphatic rings. The van der Waals surface area contributed by atoms with Gasteiger partial charge in [0.05, 0.1) is 0 Å². The fourth-order valence-corrected chi connectivity index (χ4v) is 9.67. The van der Waals surface area contributed by atoms with E-state index in [2.05, 4.69) is 302 Å². The first-order valence-corrected chi connectivity index (χ1v) is 25.6. The van der Waals surface area contributed by atoms with E-state index in [1.54, 1.807) is 11.8 Å². The van der Waals surface area contributed by atoms with Crippen LogP contribution in [0.15, 0.2) is 272 Å². The zero-order chi connectivity index (χ0) is 48.2. The summed E-state index contributed by atoms with van der Waals surface area (Å²) in [5.74, 6) is 0. The first kappa shape index (κ1) is 46.4. The van der Waals surface area contributed by atoms with Crippen LogP contribution in [0.5, 0.6) is 0 Å². The molecule has 0 heterocycles. The van der Waals surface area contributed by atoms with Crippen LogP contribution in [-0.4, -0.2) is 6.26 Å². The van der Waals surface area contributed by atoms with Crippen molar-refractivity contribution >= 4 is 68.6 Å². The predicted molar refractivity (Wildman–Crippen MR) is 307 cm³/mol. The minimum Gasteiger partial charge on any atom is -0.363 e. The van der Waals surface area contributed by atoms with E-state index in [9.17, 15) is 0 Å². The van der Waals surface area contributed by atoms with Gasteiger partial charge in [-0.1, -0.05) is 218 Å². The number of nitrogens with zero attached hydrogens (tertiary/aromatic N) is 2. The second-order valence-corrected chi connectivity index (χ2v) is 18.7. The van der Waals surface area contributed by atoms with Crippen molar-refractivity contribution in [2.75, 3.05) is 16.1 Å². The summed E-state index contributed by atoms with van der Waals surface area (Å²) in [6, 6.07) is 92.1. The van der Waals surface area contributed by atoms with Gasteiger partial charge in [-0.15, -0.1) is 11.8 Å². The quantitative estimate of drug-likeness (QED) is 0.0542.